The Labute approximate surface area is 226 Å². The Kier molecular flexibility index (Phi) is 8.22. The second-order valence-electron chi connectivity index (χ2n) is 7.18. The van der Waals surface area contributed by atoms with E-state index in [2.05, 4.69) is 15.9 Å². The van der Waals surface area contributed by atoms with Crippen molar-refractivity contribution in [2.75, 3.05) is 11.5 Å². The van der Waals surface area contributed by atoms with Gasteiger partial charge in [0.2, 0.25) is 0 Å². The van der Waals surface area contributed by atoms with Crippen LogP contribution in [0.1, 0.15) is 18.1 Å². The molecule has 0 N–H and O–H groups in total. The van der Waals surface area contributed by atoms with Gasteiger partial charge in [0, 0.05) is 9.50 Å². The number of thiocarbonyl (C=S) groups is 1. The van der Waals surface area contributed by atoms with Gasteiger partial charge in [-0.1, -0.05) is 81.3 Å². The lowest BCUT2D eigenvalue weighted by Gasteiger charge is -2.15. The molecule has 1 heterocycles. The zero-order valence-corrected chi connectivity index (χ0v) is 22.6. The van der Waals surface area contributed by atoms with Gasteiger partial charge in [0.25, 0.3) is 5.91 Å². The minimum atomic E-state index is -0.190. The molecule has 34 heavy (non-hydrogen) atoms. The smallest absolute Gasteiger partial charge is 0.270 e. The summed E-state index contributed by atoms with van der Waals surface area (Å²) in [6.07, 6.45) is 1.76. The molecule has 0 spiro atoms. The van der Waals surface area contributed by atoms with Crippen LogP contribution in [-0.2, 0) is 11.4 Å². The average Bonchev–Trinajstić information content (AvgIpc) is 3.07. The number of carbonyl (C=O) groups is 1. The molecular weight excluding hydrogens is 577 g/mol. The van der Waals surface area contributed by atoms with Crippen LogP contribution in [0.4, 0.5) is 5.69 Å². The van der Waals surface area contributed by atoms with E-state index >= 15 is 0 Å². The van der Waals surface area contributed by atoms with Crippen molar-refractivity contribution in [3.8, 4) is 11.5 Å². The van der Waals surface area contributed by atoms with E-state index in [0.717, 1.165) is 10.0 Å². The Morgan fingerprint density at radius 2 is 1.85 bits per heavy atom. The maximum absolute atomic E-state index is 13.1. The molecule has 3 aromatic rings. The number of carbonyl (C=O) groups excluding carboxylic acids is 1. The number of nitrogens with zero attached hydrogens (tertiary/aromatic N) is 1. The van der Waals surface area contributed by atoms with Crippen molar-refractivity contribution in [2.24, 2.45) is 0 Å². The molecular formula is C25H18BrCl2NO3S2. The second-order valence-corrected chi connectivity index (χ2v) is 10.6. The highest BCUT2D eigenvalue weighted by molar-refractivity contribution is 9.10. The summed E-state index contributed by atoms with van der Waals surface area (Å²) in [6.45, 7) is 2.62. The molecule has 1 aliphatic heterocycles. The SMILES string of the molecule is CCOc1cc(/C=C2/SC(=S)N(c3cccc(Br)c3)C2=O)cc(Cl)c1OCc1ccc(Cl)cc1. The van der Waals surface area contributed by atoms with Gasteiger partial charge < -0.3 is 9.47 Å². The standard InChI is InChI=1S/C25H18BrCl2NO3S2/c1-2-31-21-11-16(10-20(28)23(21)32-14-15-6-8-18(27)9-7-15)12-22-24(30)29(25(33)34-22)19-5-3-4-17(26)13-19/h3-13H,2,14H2,1H3/b22-12+. The van der Waals surface area contributed by atoms with Gasteiger partial charge in [0.15, 0.2) is 15.8 Å². The normalized spacial score (nSPS) is 14.7. The summed E-state index contributed by atoms with van der Waals surface area (Å²) in [4.78, 5) is 15.1. The molecule has 0 bridgehead atoms. The van der Waals surface area contributed by atoms with Gasteiger partial charge in [-0.25, -0.2) is 0 Å². The van der Waals surface area contributed by atoms with Crippen molar-refractivity contribution < 1.29 is 14.3 Å². The van der Waals surface area contributed by atoms with Crippen molar-refractivity contribution in [3.05, 3.63) is 91.2 Å². The molecule has 0 aliphatic carbocycles. The van der Waals surface area contributed by atoms with Gasteiger partial charge in [0.1, 0.15) is 6.61 Å². The molecule has 0 saturated carbocycles. The van der Waals surface area contributed by atoms with E-state index in [4.69, 9.17) is 44.9 Å². The van der Waals surface area contributed by atoms with Crippen molar-refractivity contribution in [3.63, 3.8) is 0 Å². The lowest BCUT2D eigenvalue weighted by molar-refractivity contribution is -0.113. The molecule has 0 aromatic heterocycles. The van der Waals surface area contributed by atoms with Crippen molar-refractivity contribution in [1.29, 1.82) is 0 Å². The first kappa shape index (κ1) is 25.1. The van der Waals surface area contributed by atoms with E-state index in [0.29, 0.717) is 55.2 Å². The first-order chi connectivity index (χ1) is 16.4. The number of thioether (sulfide) groups is 1. The predicted octanol–water partition coefficient (Wildman–Crippen LogP) is 8.14. The summed E-state index contributed by atoms with van der Waals surface area (Å²) >= 11 is 22.7. The first-order valence-corrected chi connectivity index (χ1v) is 13.0. The number of amides is 1. The Hall–Kier alpha value is -2.03. The Morgan fingerprint density at radius 1 is 1.09 bits per heavy atom. The monoisotopic (exact) mass is 593 g/mol. The van der Waals surface area contributed by atoms with Gasteiger partial charge in [-0.3, -0.25) is 9.69 Å². The summed E-state index contributed by atoms with van der Waals surface area (Å²) in [5.74, 6) is 0.750. The number of hydrogen-bond donors (Lipinski definition) is 0. The highest BCUT2D eigenvalue weighted by Crippen LogP contribution is 2.40. The van der Waals surface area contributed by atoms with Crippen LogP contribution in [0.3, 0.4) is 0 Å². The zero-order valence-electron chi connectivity index (χ0n) is 17.9. The minimum absolute atomic E-state index is 0.190. The maximum Gasteiger partial charge on any atom is 0.270 e. The Morgan fingerprint density at radius 3 is 2.56 bits per heavy atom. The van der Waals surface area contributed by atoms with Crippen molar-refractivity contribution >= 4 is 85.1 Å². The fourth-order valence-electron chi connectivity index (χ4n) is 3.27. The van der Waals surface area contributed by atoms with Crippen LogP contribution in [-0.4, -0.2) is 16.8 Å². The number of benzene rings is 3. The molecule has 4 rings (SSSR count). The molecule has 0 unspecified atom stereocenters. The van der Waals surface area contributed by atoms with Crippen LogP contribution < -0.4 is 14.4 Å². The first-order valence-electron chi connectivity index (χ1n) is 10.2. The average molecular weight is 595 g/mol. The largest absolute Gasteiger partial charge is 0.490 e. The van der Waals surface area contributed by atoms with E-state index in [9.17, 15) is 4.79 Å². The van der Waals surface area contributed by atoms with E-state index in [1.807, 2.05) is 43.3 Å². The van der Waals surface area contributed by atoms with Gasteiger partial charge in [0.05, 0.1) is 22.2 Å². The van der Waals surface area contributed by atoms with Gasteiger partial charge in [-0.2, -0.15) is 0 Å². The molecule has 0 atom stereocenters. The summed E-state index contributed by atoms with van der Waals surface area (Å²) in [7, 11) is 0. The molecule has 1 aliphatic rings. The molecule has 4 nitrogen and oxygen atoms in total. The molecule has 9 heteroatoms. The third-order valence-electron chi connectivity index (χ3n) is 4.79. The van der Waals surface area contributed by atoms with Crippen LogP contribution in [0.15, 0.2) is 70.0 Å². The quantitative estimate of drug-likeness (QED) is 0.204. The van der Waals surface area contributed by atoms with Gasteiger partial charge >= 0.3 is 0 Å². The van der Waals surface area contributed by atoms with Crippen LogP contribution in [0.25, 0.3) is 6.08 Å². The topological polar surface area (TPSA) is 38.8 Å². The molecule has 174 valence electrons. The van der Waals surface area contributed by atoms with Gasteiger partial charge in [-0.05, 0) is 66.6 Å². The summed E-state index contributed by atoms with van der Waals surface area (Å²) in [5, 5.41) is 1.04. The van der Waals surface area contributed by atoms with Gasteiger partial charge in [-0.15, -0.1) is 0 Å². The number of rotatable bonds is 7. The number of hydrogen-bond acceptors (Lipinski definition) is 5. The van der Waals surface area contributed by atoms with Crippen LogP contribution in [0, 0.1) is 0 Å². The van der Waals surface area contributed by atoms with Crippen LogP contribution in [0.5, 0.6) is 11.5 Å². The second kappa shape index (κ2) is 11.1. The van der Waals surface area contributed by atoms with E-state index in [-0.39, 0.29) is 5.91 Å². The highest BCUT2D eigenvalue weighted by atomic mass is 79.9. The zero-order chi connectivity index (χ0) is 24.2. The van der Waals surface area contributed by atoms with Crippen LogP contribution >= 0.6 is 63.1 Å². The lowest BCUT2D eigenvalue weighted by Crippen LogP contribution is -2.27. The number of anilines is 1. The molecule has 1 saturated heterocycles. The molecule has 1 fully saturated rings. The fraction of sp³-hybridized carbons (Fsp3) is 0.120. The predicted molar refractivity (Wildman–Crippen MR) is 148 cm³/mol. The van der Waals surface area contributed by atoms with Crippen molar-refractivity contribution in [2.45, 2.75) is 13.5 Å². The van der Waals surface area contributed by atoms with E-state index in [1.54, 1.807) is 30.3 Å². The third kappa shape index (κ3) is 5.78. The fourth-order valence-corrected chi connectivity index (χ4v) is 5.35. The Bertz CT molecular complexity index is 1280. The summed E-state index contributed by atoms with van der Waals surface area (Å²) < 4.78 is 13.1. The summed E-state index contributed by atoms with van der Waals surface area (Å²) in [6, 6.07) is 18.4. The van der Waals surface area contributed by atoms with Crippen molar-refractivity contribution in [1.82, 2.24) is 0 Å². The van der Waals surface area contributed by atoms with E-state index < -0.39 is 0 Å². The van der Waals surface area contributed by atoms with E-state index in [1.165, 1.54) is 16.7 Å². The molecule has 1 amide bonds. The molecule has 3 aromatic carbocycles. The maximum atomic E-state index is 13.1. The summed E-state index contributed by atoms with van der Waals surface area (Å²) in [5.41, 5.74) is 2.37. The number of ether oxygens (including phenoxy) is 2. The highest BCUT2D eigenvalue weighted by Gasteiger charge is 2.33. The molecule has 0 radical (unpaired) electrons. The third-order valence-corrected chi connectivity index (χ3v) is 7.11. The minimum Gasteiger partial charge on any atom is -0.490 e. The Balaban J connectivity index is 1.60. The lowest BCUT2D eigenvalue weighted by atomic mass is 10.1. The number of halogens is 3. The van der Waals surface area contributed by atoms with Crippen LogP contribution in [0.2, 0.25) is 10.0 Å².